The average molecular weight is 435 g/mol. The molecule has 0 aliphatic rings. The number of rotatable bonds is 5. The van der Waals surface area contributed by atoms with Gasteiger partial charge in [0, 0.05) is 30.1 Å². The zero-order chi connectivity index (χ0) is 22.3. The molecule has 0 bridgehead atoms. The number of ether oxygens (including phenoxy) is 1. The smallest absolute Gasteiger partial charge is 0.406 e. The topological polar surface area (TPSA) is 42.8 Å². The number of nitrogens with one attached hydrogen (secondary N) is 1. The third-order valence-corrected chi connectivity index (χ3v) is 5.61. The van der Waals surface area contributed by atoms with Crippen molar-refractivity contribution < 1.29 is 17.9 Å². The second kappa shape index (κ2) is 7.75. The molecular weight excluding hydrogens is 415 g/mol. The van der Waals surface area contributed by atoms with Crippen LogP contribution < -0.4 is 4.74 Å². The van der Waals surface area contributed by atoms with Crippen molar-refractivity contribution in [3.63, 3.8) is 0 Å². The van der Waals surface area contributed by atoms with Gasteiger partial charge in [0.2, 0.25) is 0 Å². The summed E-state index contributed by atoms with van der Waals surface area (Å²) in [6.45, 7) is 0. The second-order valence-corrected chi connectivity index (χ2v) is 7.71. The fraction of sp³-hybridized carbons (Fsp3) is 0.160. The monoisotopic (exact) mass is 435 g/mol. The largest absolute Gasteiger partial charge is 0.573 e. The Balaban J connectivity index is 1.40. The lowest BCUT2D eigenvalue weighted by Gasteiger charge is -2.09. The first-order chi connectivity index (χ1) is 15.4. The number of H-pyrrole nitrogens is 1. The highest BCUT2D eigenvalue weighted by Crippen LogP contribution is 2.31. The lowest BCUT2D eigenvalue weighted by molar-refractivity contribution is -0.274. The minimum absolute atomic E-state index is 0.233. The van der Waals surface area contributed by atoms with Crippen LogP contribution in [0.2, 0.25) is 0 Å². The van der Waals surface area contributed by atoms with Crippen molar-refractivity contribution in [2.45, 2.75) is 19.2 Å². The first-order valence-electron chi connectivity index (χ1n) is 10.2. The Hall–Kier alpha value is -3.74. The van der Waals surface area contributed by atoms with Gasteiger partial charge in [0.25, 0.3) is 0 Å². The number of fused-ring (bicyclic) bond motifs is 2. The fourth-order valence-corrected chi connectivity index (χ4v) is 4.09. The summed E-state index contributed by atoms with van der Waals surface area (Å²) in [5, 5.41) is 1.05. The van der Waals surface area contributed by atoms with E-state index in [9.17, 15) is 13.2 Å². The highest BCUT2D eigenvalue weighted by molar-refractivity contribution is 5.94. The quantitative estimate of drug-likeness (QED) is 0.347. The van der Waals surface area contributed by atoms with Gasteiger partial charge in [0.15, 0.2) is 0 Å². The van der Waals surface area contributed by atoms with Crippen LogP contribution in [0.5, 0.6) is 5.75 Å². The van der Waals surface area contributed by atoms with Crippen LogP contribution in [0.4, 0.5) is 13.2 Å². The number of aryl methyl sites for hydroxylation is 3. The van der Waals surface area contributed by atoms with Gasteiger partial charge in [-0.15, -0.1) is 13.2 Å². The minimum Gasteiger partial charge on any atom is -0.406 e. The van der Waals surface area contributed by atoms with Gasteiger partial charge in [-0.1, -0.05) is 42.5 Å². The van der Waals surface area contributed by atoms with Gasteiger partial charge in [0.05, 0.1) is 16.6 Å². The zero-order valence-corrected chi connectivity index (χ0v) is 17.3. The number of benzene rings is 3. The van der Waals surface area contributed by atoms with Crippen LogP contribution in [0.3, 0.4) is 0 Å². The normalized spacial score (nSPS) is 12.0. The molecule has 0 fully saturated rings. The maximum atomic E-state index is 12.4. The molecule has 7 heteroatoms. The Morgan fingerprint density at radius 2 is 1.72 bits per heavy atom. The summed E-state index contributed by atoms with van der Waals surface area (Å²) < 4.78 is 43.4. The first kappa shape index (κ1) is 20.2. The predicted octanol–water partition coefficient (Wildman–Crippen LogP) is 6.41. The molecule has 0 saturated carbocycles. The third kappa shape index (κ3) is 3.93. The Labute approximate surface area is 182 Å². The molecule has 5 aromatic rings. The number of aromatic nitrogens is 3. The van der Waals surface area contributed by atoms with E-state index < -0.39 is 6.36 Å². The van der Waals surface area contributed by atoms with Gasteiger partial charge in [-0.05, 0) is 42.3 Å². The van der Waals surface area contributed by atoms with E-state index in [2.05, 4.69) is 26.4 Å². The molecule has 3 aromatic carbocycles. The van der Waals surface area contributed by atoms with Gasteiger partial charge in [-0.3, -0.25) is 0 Å². The van der Waals surface area contributed by atoms with Crippen LogP contribution in [-0.2, 0) is 19.9 Å². The van der Waals surface area contributed by atoms with E-state index in [1.54, 1.807) is 12.1 Å². The molecule has 2 heterocycles. The molecule has 0 aliphatic carbocycles. The van der Waals surface area contributed by atoms with Crippen molar-refractivity contribution in [1.82, 2.24) is 14.5 Å². The highest BCUT2D eigenvalue weighted by Gasteiger charge is 2.31. The van der Waals surface area contributed by atoms with E-state index >= 15 is 0 Å². The number of imidazole rings is 1. The number of para-hydroxylation sites is 3. The van der Waals surface area contributed by atoms with Crippen LogP contribution in [0.1, 0.15) is 11.5 Å². The Morgan fingerprint density at radius 1 is 0.938 bits per heavy atom. The van der Waals surface area contributed by atoms with Crippen molar-refractivity contribution in [1.29, 1.82) is 0 Å². The summed E-state index contributed by atoms with van der Waals surface area (Å²) in [7, 11) is 2.03. The van der Waals surface area contributed by atoms with E-state index in [1.165, 1.54) is 12.1 Å². The zero-order valence-electron chi connectivity index (χ0n) is 17.3. The van der Waals surface area contributed by atoms with Gasteiger partial charge in [-0.2, -0.15) is 0 Å². The van der Waals surface area contributed by atoms with Crippen molar-refractivity contribution in [2.24, 2.45) is 7.05 Å². The number of hydrogen-bond donors (Lipinski definition) is 1. The standard InChI is InChI=1S/C25H20F3N3O/c1-31-22-8-3-2-7-21(22)30-23(31)14-11-18-15-17-5-4-6-20(24(17)29-18)16-9-12-19(13-10-16)32-25(26,27)28/h2-10,12-13,15,29H,11,14H2,1H3. The number of halogens is 3. The molecule has 162 valence electrons. The summed E-state index contributed by atoms with van der Waals surface area (Å²) in [5.41, 5.74) is 5.87. The van der Waals surface area contributed by atoms with Gasteiger partial charge in [0.1, 0.15) is 11.6 Å². The van der Waals surface area contributed by atoms with Crippen molar-refractivity contribution >= 4 is 21.9 Å². The molecule has 32 heavy (non-hydrogen) atoms. The molecule has 0 amide bonds. The van der Waals surface area contributed by atoms with Crippen LogP contribution in [-0.4, -0.2) is 20.9 Å². The molecular formula is C25H20F3N3O. The van der Waals surface area contributed by atoms with E-state index in [4.69, 9.17) is 4.98 Å². The predicted molar refractivity (Wildman–Crippen MR) is 119 cm³/mol. The molecule has 0 unspecified atom stereocenters. The molecule has 2 aromatic heterocycles. The van der Waals surface area contributed by atoms with Crippen molar-refractivity contribution in [3.05, 3.63) is 84.3 Å². The lowest BCUT2D eigenvalue weighted by atomic mass is 10.0. The SMILES string of the molecule is Cn1c(CCc2cc3cccc(-c4ccc(OC(F)(F)F)cc4)c3[nH]2)nc2ccccc21. The molecule has 0 saturated heterocycles. The minimum atomic E-state index is -4.70. The van der Waals surface area contributed by atoms with E-state index in [0.717, 1.165) is 57.4 Å². The number of aromatic amines is 1. The number of alkyl halides is 3. The summed E-state index contributed by atoms with van der Waals surface area (Å²) in [4.78, 5) is 8.23. The fourth-order valence-electron chi connectivity index (χ4n) is 4.09. The molecule has 4 nitrogen and oxygen atoms in total. The number of hydrogen-bond acceptors (Lipinski definition) is 2. The maximum absolute atomic E-state index is 12.4. The highest BCUT2D eigenvalue weighted by atomic mass is 19.4. The van der Waals surface area contributed by atoms with Crippen molar-refractivity contribution in [3.8, 4) is 16.9 Å². The lowest BCUT2D eigenvalue weighted by Crippen LogP contribution is -2.16. The molecule has 0 aliphatic heterocycles. The third-order valence-electron chi connectivity index (χ3n) is 5.61. The summed E-state index contributed by atoms with van der Waals surface area (Å²) >= 11 is 0. The maximum Gasteiger partial charge on any atom is 0.573 e. The molecule has 0 radical (unpaired) electrons. The number of nitrogens with zero attached hydrogens (tertiary/aromatic N) is 2. The summed E-state index contributed by atoms with van der Waals surface area (Å²) in [6, 6.07) is 22.0. The Kier molecular flexibility index (Phi) is 4.89. The molecule has 0 atom stereocenters. The van der Waals surface area contributed by atoms with Crippen LogP contribution in [0.25, 0.3) is 33.1 Å². The van der Waals surface area contributed by atoms with Crippen molar-refractivity contribution in [2.75, 3.05) is 0 Å². The second-order valence-electron chi connectivity index (χ2n) is 7.71. The van der Waals surface area contributed by atoms with E-state index in [-0.39, 0.29) is 5.75 Å². The molecule has 0 spiro atoms. The van der Waals surface area contributed by atoms with Gasteiger partial charge < -0.3 is 14.3 Å². The van der Waals surface area contributed by atoms with E-state index in [1.807, 2.05) is 43.4 Å². The van der Waals surface area contributed by atoms with E-state index in [0.29, 0.717) is 0 Å². The van der Waals surface area contributed by atoms with Crippen LogP contribution in [0.15, 0.2) is 72.8 Å². The Morgan fingerprint density at radius 3 is 2.47 bits per heavy atom. The first-order valence-corrected chi connectivity index (χ1v) is 10.2. The van der Waals surface area contributed by atoms with Crippen LogP contribution in [0, 0.1) is 0 Å². The molecule has 1 N–H and O–H groups in total. The van der Waals surface area contributed by atoms with Crippen LogP contribution >= 0.6 is 0 Å². The average Bonchev–Trinajstić information content (AvgIpc) is 3.32. The van der Waals surface area contributed by atoms with Gasteiger partial charge in [-0.25, -0.2) is 4.98 Å². The summed E-state index contributed by atoms with van der Waals surface area (Å²) in [6.07, 6.45) is -3.12. The Bertz CT molecular complexity index is 1400. The van der Waals surface area contributed by atoms with Gasteiger partial charge >= 0.3 is 6.36 Å². The summed E-state index contributed by atoms with van der Waals surface area (Å²) in [5.74, 6) is 0.786. The molecule has 5 rings (SSSR count).